The topological polar surface area (TPSA) is 50.8 Å². The summed E-state index contributed by atoms with van der Waals surface area (Å²) in [5, 5.41) is 3.73. The van der Waals surface area contributed by atoms with Crippen LogP contribution in [-0.2, 0) is 11.3 Å². The number of carbonyl (C=O) groups excluding carboxylic acids is 1. The molecule has 0 fully saturated rings. The van der Waals surface area contributed by atoms with Crippen LogP contribution in [0, 0.1) is 0 Å². The number of amides is 1. The summed E-state index contributed by atoms with van der Waals surface area (Å²) < 4.78 is 10.7. The minimum atomic E-state index is -0.164. The van der Waals surface area contributed by atoms with Crippen molar-refractivity contribution in [2.75, 3.05) is 33.1 Å². The highest BCUT2D eigenvalue weighted by Crippen LogP contribution is 2.31. The summed E-state index contributed by atoms with van der Waals surface area (Å²) in [5.74, 6) is 1.16. The number of benzene rings is 2. The number of likely N-dealkylation sites (N-methyl/N-ethyl adjacent to an activating group) is 1. The van der Waals surface area contributed by atoms with Crippen LogP contribution in [0.5, 0.6) is 11.5 Å². The fourth-order valence-electron chi connectivity index (χ4n) is 2.50. The maximum absolute atomic E-state index is 12.2. The van der Waals surface area contributed by atoms with E-state index in [0.29, 0.717) is 33.8 Å². The largest absolute Gasteiger partial charge is 0.493 e. The third kappa shape index (κ3) is 5.53. The second-order valence-electron chi connectivity index (χ2n) is 5.53. The SMILES string of the molecule is COc1cccc(CN(C)CC(=O)Nc2cc(Cl)cc(Cl)c2)c1OC. The maximum Gasteiger partial charge on any atom is 0.238 e. The number of para-hydroxylation sites is 1. The average molecular weight is 383 g/mol. The van der Waals surface area contributed by atoms with Crippen molar-refractivity contribution in [3.63, 3.8) is 0 Å². The maximum atomic E-state index is 12.2. The number of carbonyl (C=O) groups is 1. The highest BCUT2D eigenvalue weighted by atomic mass is 35.5. The molecule has 134 valence electrons. The molecule has 2 rings (SSSR count). The molecule has 0 radical (unpaired) electrons. The van der Waals surface area contributed by atoms with Crippen LogP contribution < -0.4 is 14.8 Å². The summed E-state index contributed by atoms with van der Waals surface area (Å²) in [6.07, 6.45) is 0. The van der Waals surface area contributed by atoms with Gasteiger partial charge in [0, 0.05) is 27.8 Å². The molecule has 7 heteroatoms. The van der Waals surface area contributed by atoms with Crippen LogP contribution in [0.1, 0.15) is 5.56 Å². The van der Waals surface area contributed by atoms with Gasteiger partial charge in [-0.25, -0.2) is 0 Å². The van der Waals surface area contributed by atoms with E-state index in [1.54, 1.807) is 32.4 Å². The lowest BCUT2D eigenvalue weighted by molar-refractivity contribution is -0.117. The van der Waals surface area contributed by atoms with Crippen molar-refractivity contribution in [3.05, 3.63) is 52.0 Å². The molecule has 0 spiro atoms. The second-order valence-corrected chi connectivity index (χ2v) is 6.40. The van der Waals surface area contributed by atoms with Gasteiger partial charge < -0.3 is 14.8 Å². The number of hydrogen-bond acceptors (Lipinski definition) is 4. The summed E-state index contributed by atoms with van der Waals surface area (Å²) >= 11 is 11.9. The number of anilines is 1. The van der Waals surface area contributed by atoms with Crippen LogP contribution >= 0.6 is 23.2 Å². The minimum Gasteiger partial charge on any atom is -0.493 e. The molecule has 5 nitrogen and oxygen atoms in total. The Morgan fingerprint density at radius 3 is 2.40 bits per heavy atom. The number of methoxy groups -OCH3 is 2. The van der Waals surface area contributed by atoms with Crippen molar-refractivity contribution >= 4 is 34.8 Å². The van der Waals surface area contributed by atoms with E-state index in [9.17, 15) is 4.79 Å². The first-order valence-electron chi connectivity index (χ1n) is 7.57. The highest BCUT2D eigenvalue weighted by Gasteiger charge is 2.13. The Hall–Kier alpha value is -1.95. The molecule has 2 aromatic rings. The quantitative estimate of drug-likeness (QED) is 0.783. The molecular formula is C18H20Cl2N2O3. The summed E-state index contributed by atoms with van der Waals surface area (Å²) in [6, 6.07) is 10.6. The van der Waals surface area contributed by atoms with E-state index in [1.165, 1.54) is 0 Å². The van der Waals surface area contributed by atoms with Crippen LogP contribution in [0.25, 0.3) is 0 Å². The van der Waals surface area contributed by atoms with E-state index in [1.807, 2.05) is 30.1 Å². The Labute approximate surface area is 157 Å². The van der Waals surface area contributed by atoms with Gasteiger partial charge in [0.15, 0.2) is 11.5 Å². The molecule has 0 aliphatic carbocycles. The predicted octanol–water partition coefficient (Wildman–Crippen LogP) is 4.08. The van der Waals surface area contributed by atoms with Gasteiger partial charge in [0.1, 0.15) is 0 Å². The first-order chi connectivity index (χ1) is 11.9. The molecule has 2 aromatic carbocycles. The van der Waals surface area contributed by atoms with E-state index >= 15 is 0 Å². The van der Waals surface area contributed by atoms with Gasteiger partial charge in [-0.2, -0.15) is 0 Å². The average Bonchev–Trinajstić information content (AvgIpc) is 2.53. The van der Waals surface area contributed by atoms with Gasteiger partial charge >= 0.3 is 0 Å². The number of rotatable bonds is 7. The molecule has 0 aromatic heterocycles. The van der Waals surface area contributed by atoms with Gasteiger partial charge in [-0.15, -0.1) is 0 Å². The fraction of sp³-hybridized carbons (Fsp3) is 0.278. The Kier molecular flexibility index (Phi) is 6.93. The summed E-state index contributed by atoms with van der Waals surface area (Å²) in [5.41, 5.74) is 1.50. The van der Waals surface area contributed by atoms with Crippen molar-refractivity contribution < 1.29 is 14.3 Å². The number of nitrogens with zero attached hydrogens (tertiary/aromatic N) is 1. The van der Waals surface area contributed by atoms with Gasteiger partial charge in [0.2, 0.25) is 5.91 Å². The van der Waals surface area contributed by atoms with Crippen molar-refractivity contribution in [1.29, 1.82) is 0 Å². The number of hydrogen-bond donors (Lipinski definition) is 1. The van der Waals surface area contributed by atoms with Crippen LogP contribution in [0.3, 0.4) is 0 Å². The molecule has 0 heterocycles. The Morgan fingerprint density at radius 1 is 1.12 bits per heavy atom. The molecule has 1 amide bonds. The molecule has 0 bridgehead atoms. The third-order valence-electron chi connectivity index (χ3n) is 3.48. The minimum absolute atomic E-state index is 0.164. The van der Waals surface area contributed by atoms with Gasteiger partial charge in [-0.05, 0) is 31.3 Å². The zero-order valence-corrected chi connectivity index (χ0v) is 15.8. The summed E-state index contributed by atoms with van der Waals surface area (Å²) in [7, 11) is 5.04. The molecule has 0 saturated carbocycles. The molecule has 25 heavy (non-hydrogen) atoms. The van der Waals surface area contributed by atoms with E-state index in [0.717, 1.165) is 5.56 Å². The lowest BCUT2D eigenvalue weighted by atomic mass is 10.1. The zero-order valence-electron chi connectivity index (χ0n) is 14.3. The molecule has 0 aliphatic heterocycles. The number of ether oxygens (including phenoxy) is 2. The standard InChI is InChI=1S/C18H20Cl2N2O3/c1-22(10-12-5-4-6-16(24-2)18(12)25-3)11-17(23)21-15-8-13(19)7-14(20)9-15/h4-9H,10-11H2,1-3H3,(H,21,23). The Morgan fingerprint density at radius 2 is 1.80 bits per heavy atom. The van der Waals surface area contributed by atoms with Crippen LogP contribution in [0.4, 0.5) is 5.69 Å². The predicted molar refractivity (Wildman–Crippen MR) is 101 cm³/mol. The zero-order chi connectivity index (χ0) is 18.4. The van der Waals surface area contributed by atoms with Crippen LogP contribution in [-0.4, -0.2) is 38.6 Å². The first kappa shape index (κ1) is 19.4. The van der Waals surface area contributed by atoms with Crippen LogP contribution in [0.2, 0.25) is 10.0 Å². The van der Waals surface area contributed by atoms with Gasteiger partial charge in [0.05, 0.1) is 20.8 Å². The lowest BCUT2D eigenvalue weighted by Crippen LogP contribution is -2.30. The van der Waals surface area contributed by atoms with E-state index in [-0.39, 0.29) is 12.5 Å². The Bertz CT molecular complexity index is 733. The monoisotopic (exact) mass is 382 g/mol. The molecule has 0 atom stereocenters. The van der Waals surface area contributed by atoms with E-state index in [2.05, 4.69) is 5.32 Å². The molecule has 0 unspecified atom stereocenters. The number of nitrogens with one attached hydrogen (secondary N) is 1. The molecular weight excluding hydrogens is 363 g/mol. The lowest BCUT2D eigenvalue weighted by Gasteiger charge is -2.19. The van der Waals surface area contributed by atoms with Crippen molar-refractivity contribution in [2.24, 2.45) is 0 Å². The normalized spacial score (nSPS) is 10.6. The highest BCUT2D eigenvalue weighted by molar-refractivity contribution is 6.35. The second kappa shape index (κ2) is 8.94. The van der Waals surface area contributed by atoms with Crippen molar-refractivity contribution in [3.8, 4) is 11.5 Å². The van der Waals surface area contributed by atoms with Crippen LogP contribution in [0.15, 0.2) is 36.4 Å². The van der Waals surface area contributed by atoms with E-state index < -0.39 is 0 Å². The smallest absolute Gasteiger partial charge is 0.238 e. The Balaban J connectivity index is 2.00. The number of halogens is 2. The fourth-order valence-corrected chi connectivity index (χ4v) is 3.02. The molecule has 1 N–H and O–H groups in total. The van der Waals surface area contributed by atoms with Crippen molar-refractivity contribution in [1.82, 2.24) is 4.90 Å². The molecule has 0 aliphatic rings. The van der Waals surface area contributed by atoms with Gasteiger partial charge in [-0.1, -0.05) is 35.3 Å². The van der Waals surface area contributed by atoms with E-state index in [4.69, 9.17) is 32.7 Å². The van der Waals surface area contributed by atoms with Gasteiger partial charge in [0.25, 0.3) is 0 Å². The first-order valence-corrected chi connectivity index (χ1v) is 8.33. The summed E-state index contributed by atoms with van der Waals surface area (Å²) in [6.45, 7) is 0.731. The third-order valence-corrected chi connectivity index (χ3v) is 3.92. The van der Waals surface area contributed by atoms with Gasteiger partial charge in [-0.3, -0.25) is 9.69 Å². The van der Waals surface area contributed by atoms with Crippen molar-refractivity contribution in [2.45, 2.75) is 6.54 Å². The molecule has 0 saturated heterocycles. The summed E-state index contributed by atoms with van der Waals surface area (Å²) in [4.78, 5) is 14.1.